The highest BCUT2D eigenvalue weighted by molar-refractivity contribution is 7.47. The van der Waals surface area contributed by atoms with Crippen LogP contribution >= 0.6 is 8.58 Å². The van der Waals surface area contributed by atoms with Gasteiger partial charge in [0.15, 0.2) is 0 Å². The van der Waals surface area contributed by atoms with Gasteiger partial charge in [-0.25, -0.2) is 0 Å². The van der Waals surface area contributed by atoms with Crippen molar-refractivity contribution in [1.82, 2.24) is 0 Å². The van der Waals surface area contributed by atoms with Crippen molar-refractivity contribution in [3.05, 3.63) is 22.8 Å². The zero-order valence-corrected chi connectivity index (χ0v) is 12.1. The first-order chi connectivity index (χ1) is 8.45. The zero-order valence-electron chi connectivity index (χ0n) is 11.1. The minimum Gasteiger partial charge on any atom is -0.0808 e. The Hall–Kier alpha value is -0.0900. The van der Waals surface area contributed by atoms with E-state index in [4.69, 9.17) is 0 Å². The summed E-state index contributed by atoms with van der Waals surface area (Å²) < 4.78 is 0. The minimum absolute atomic E-state index is 1.04. The standard InChI is InChI=1S/C16H27P/c1-3-7-11-15(12-8-4-1)17-16-13-9-5-2-6-10-14-16/h11,13,17H,1-10,12,14H2. The molecule has 0 aromatic rings. The number of allylic oxidation sites excluding steroid dienone is 4. The molecule has 0 aromatic carbocycles. The van der Waals surface area contributed by atoms with Crippen LogP contribution in [-0.2, 0) is 0 Å². The van der Waals surface area contributed by atoms with Crippen LogP contribution in [0.2, 0.25) is 0 Å². The van der Waals surface area contributed by atoms with Gasteiger partial charge in [-0.2, -0.15) is 0 Å². The molecule has 17 heavy (non-hydrogen) atoms. The molecule has 0 unspecified atom stereocenters. The highest BCUT2D eigenvalue weighted by Gasteiger charge is 2.07. The van der Waals surface area contributed by atoms with Gasteiger partial charge in [-0.1, -0.05) is 46.4 Å². The van der Waals surface area contributed by atoms with Gasteiger partial charge in [0.1, 0.15) is 0 Å². The Bertz CT molecular complexity index is 247. The maximum Gasteiger partial charge on any atom is -0.0277 e. The van der Waals surface area contributed by atoms with E-state index in [-0.39, 0.29) is 0 Å². The first-order valence-corrected chi connectivity index (χ1v) is 8.60. The normalized spacial score (nSPS) is 24.5. The molecule has 0 saturated carbocycles. The van der Waals surface area contributed by atoms with Gasteiger partial charge in [-0.15, -0.1) is 0 Å². The predicted molar refractivity (Wildman–Crippen MR) is 79.9 cm³/mol. The van der Waals surface area contributed by atoms with Crippen molar-refractivity contribution >= 4 is 8.58 Å². The van der Waals surface area contributed by atoms with E-state index in [0.29, 0.717) is 0 Å². The van der Waals surface area contributed by atoms with E-state index in [1.807, 2.05) is 0 Å². The summed E-state index contributed by atoms with van der Waals surface area (Å²) in [5.41, 5.74) is 0. The van der Waals surface area contributed by atoms with E-state index in [9.17, 15) is 0 Å². The molecular weight excluding hydrogens is 223 g/mol. The van der Waals surface area contributed by atoms with Gasteiger partial charge in [-0.05, 0) is 62.0 Å². The second-order valence-electron chi connectivity index (χ2n) is 5.49. The van der Waals surface area contributed by atoms with E-state index in [0.717, 1.165) is 8.58 Å². The molecule has 0 saturated heterocycles. The van der Waals surface area contributed by atoms with Crippen LogP contribution in [0.4, 0.5) is 0 Å². The van der Waals surface area contributed by atoms with E-state index in [1.165, 1.54) is 77.0 Å². The second kappa shape index (κ2) is 8.09. The van der Waals surface area contributed by atoms with Crippen molar-refractivity contribution in [2.24, 2.45) is 0 Å². The summed E-state index contributed by atoms with van der Waals surface area (Å²) in [6.45, 7) is 0. The zero-order chi connectivity index (χ0) is 11.8. The monoisotopic (exact) mass is 250 g/mol. The van der Waals surface area contributed by atoms with Crippen LogP contribution in [0.1, 0.15) is 77.0 Å². The molecule has 96 valence electrons. The Morgan fingerprint density at radius 3 is 1.59 bits per heavy atom. The van der Waals surface area contributed by atoms with Gasteiger partial charge in [0.05, 0.1) is 0 Å². The summed E-state index contributed by atoms with van der Waals surface area (Å²) >= 11 is 0. The fourth-order valence-electron chi connectivity index (χ4n) is 2.82. The number of rotatable bonds is 2. The first-order valence-electron chi connectivity index (χ1n) is 7.60. The van der Waals surface area contributed by atoms with Gasteiger partial charge in [0.2, 0.25) is 0 Å². The third-order valence-electron chi connectivity index (χ3n) is 3.90. The summed E-state index contributed by atoms with van der Waals surface area (Å²) in [5.74, 6) is 0. The van der Waals surface area contributed by atoms with Crippen LogP contribution in [-0.4, -0.2) is 0 Å². The quantitative estimate of drug-likeness (QED) is 0.516. The predicted octanol–water partition coefficient (Wildman–Crippen LogP) is 6.14. The van der Waals surface area contributed by atoms with E-state index in [1.54, 1.807) is 10.6 Å². The van der Waals surface area contributed by atoms with Crippen molar-refractivity contribution in [3.63, 3.8) is 0 Å². The lowest BCUT2D eigenvalue weighted by Crippen LogP contribution is -1.89. The van der Waals surface area contributed by atoms with Crippen LogP contribution in [0.25, 0.3) is 0 Å². The van der Waals surface area contributed by atoms with Crippen molar-refractivity contribution < 1.29 is 0 Å². The molecule has 0 aromatic heterocycles. The lowest BCUT2D eigenvalue weighted by Gasteiger charge is -2.15. The van der Waals surface area contributed by atoms with Crippen molar-refractivity contribution in [3.8, 4) is 0 Å². The molecule has 0 amide bonds. The molecule has 2 aliphatic carbocycles. The van der Waals surface area contributed by atoms with Crippen molar-refractivity contribution in [1.29, 1.82) is 0 Å². The Morgan fingerprint density at radius 1 is 0.588 bits per heavy atom. The second-order valence-corrected chi connectivity index (χ2v) is 7.02. The molecule has 0 radical (unpaired) electrons. The highest BCUT2D eigenvalue weighted by Crippen LogP contribution is 2.41. The molecule has 2 aliphatic rings. The Kier molecular flexibility index (Phi) is 6.35. The molecule has 0 nitrogen and oxygen atoms in total. The molecule has 2 rings (SSSR count). The summed E-state index contributed by atoms with van der Waals surface area (Å²) in [7, 11) is 1.04. The lowest BCUT2D eigenvalue weighted by molar-refractivity contribution is 0.631. The van der Waals surface area contributed by atoms with E-state index >= 15 is 0 Å². The van der Waals surface area contributed by atoms with Gasteiger partial charge in [0, 0.05) is 0 Å². The van der Waals surface area contributed by atoms with Crippen LogP contribution in [0, 0.1) is 0 Å². The smallest absolute Gasteiger partial charge is 0.0277 e. The molecule has 0 spiro atoms. The molecule has 0 fully saturated rings. The third kappa shape index (κ3) is 5.38. The van der Waals surface area contributed by atoms with Crippen molar-refractivity contribution in [2.75, 3.05) is 0 Å². The molecule has 0 aliphatic heterocycles. The summed E-state index contributed by atoms with van der Waals surface area (Å²) in [6.07, 6.45) is 22.1. The Balaban J connectivity index is 1.88. The maximum atomic E-state index is 2.57. The molecule has 0 heterocycles. The molecule has 1 heteroatoms. The van der Waals surface area contributed by atoms with Gasteiger partial charge >= 0.3 is 0 Å². The van der Waals surface area contributed by atoms with Gasteiger partial charge < -0.3 is 0 Å². The average Bonchev–Trinajstić information content (AvgIpc) is 2.24. The van der Waals surface area contributed by atoms with Gasteiger partial charge in [0.25, 0.3) is 0 Å². The van der Waals surface area contributed by atoms with Crippen LogP contribution in [0.15, 0.2) is 22.8 Å². The Morgan fingerprint density at radius 2 is 1.06 bits per heavy atom. The van der Waals surface area contributed by atoms with Crippen molar-refractivity contribution in [2.45, 2.75) is 77.0 Å². The SMILES string of the molecule is C1=C(PC2=CCCCCCC2)CCCCCC1. The summed E-state index contributed by atoms with van der Waals surface area (Å²) in [4.78, 5) is 0. The average molecular weight is 250 g/mol. The largest absolute Gasteiger partial charge is 0.0808 e. The summed E-state index contributed by atoms with van der Waals surface area (Å²) in [5, 5.41) is 3.55. The maximum absolute atomic E-state index is 2.57. The lowest BCUT2D eigenvalue weighted by atomic mass is 10.1. The number of hydrogen-bond acceptors (Lipinski definition) is 0. The van der Waals surface area contributed by atoms with Crippen LogP contribution in [0.5, 0.6) is 0 Å². The molecule has 0 bridgehead atoms. The van der Waals surface area contributed by atoms with E-state index < -0.39 is 0 Å². The van der Waals surface area contributed by atoms with E-state index in [2.05, 4.69) is 12.2 Å². The third-order valence-corrected chi connectivity index (χ3v) is 5.45. The Labute approximate surface area is 109 Å². The fourth-order valence-corrected chi connectivity index (χ4v) is 4.33. The molecular formula is C16H27P. The first kappa shape index (κ1) is 13.3. The highest BCUT2D eigenvalue weighted by atomic mass is 31.1. The number of hydrogen-bond donors (Lipinski definition) is 0. The van der Waals surface area contributed by atoms with Crippen LogP contribution in [0.3, 0.4) is 0 Å². The minimum atomic E-state index is 1.04. The van der Waals surface area contributed by atoms with Gasteiger partial charge in [-0.3, -0.25) is 0 Å². The summed E-state index contributed by atoms with van der Waals surface area (Å²) in [6, 6.07) is 0. The molecule has 0 atom stereocenters. The van der Waals surface area contributed by atoms with Crippen LogP contribution < -0.4 is 0 Å². The molecule has 0 N–H and O–H groups in total. The topological polar surface area (TPSA) is 0 Å². The fraction of sp³-hybridized carbons (Fsp3) is 0.750.